The predicted molar refractivity (Wildman–Crippen MR) is 126 cm³/mol. The van der Waals surface area contributed by atoms with Gasteiger partial charge in [0.1, 0.15) is 17.4 Å². The van der Waals surface area contributed by atoms with Crippen LogP contribution >= 0.6 is 0 Å². The van der Waals surface area contributed by atoms with Gasteiger partial charge in [-0.3, -0.25) is 4.79 Å². The fourth-order valence-electron chi connectivity index (χ4n) is 3.78. The van der Waals surface area contributed by atoms with Crippen molar-refractivity contribution < 1.29 is 49.4 Å². The number of carbonyl (C=O) groups is 2. The number of halogens is 8. The molecule has 0 saturated heterocycles. The zero-order chi connectivity index (χ0) is 29.7. The van der Waals surface area contributed by atoms with Crippen LogP contribution in [0.15, 0.2) is 72.8 Å². The summed E-state index contributed by atoms with van der Waals surface area (Å²) >= 11 is 0. The molecule has 0 aliphatic rings. The molecule has 0 aromatic heterocycles. The molecule has 0 radical (unpaired) electrons. The molecular formula is C26H21F8N3O3. The van der Waals surface area contributed by atoms with E-state index in [2.05, 4.69) is 15.8 Å². The second-order valence-electron chi connectivity index (χ2n) is 8.59. The Bertz CT molecular complexity index is 1340. The van der Waals surface area contributed by atoms with Crippen LogP contribution in [-0.2, 0) is 16.8 Å². The molecule has 0 heterocycles. The molecule has 0 saturated carbocycles. The number of rotatable bonds is 11. The van der Waals surface area contributed by atoms with E-state index >= 15 is 0 Å². The van der Waals surface area contributed by atoms with Crippen LogP contribution in [0.25, 0.3) is 0 Å². The number of carbonyl (C=O) groups excluding carboxylic acids is 2. The van der Waals surface area contributed by atoms with Crippen LogP contribution in [0.4, 0.5) is 39.9 Å². The molecule has 3 rings (SSSR count). The quantitative estimate of drug-likeness (QED) is 0.278. The van der Waals surface area contributed by atoms with Crippen LogP contribution in [-0.4, -0.2) is 36.9 Å². The number of hydrogen-bond acceptors (Lipinski definition) is 3. The lowest BCUT2D eigenvalue weighted by Gasteiger charge is -2.37. The Morgan fingerprint density at radius 1 is 0.850 bits per heavy atom. The Labute approximate surface area is 222 Å². The van der Waals surface area contributed by atoms with E-state index in [1.54, 1.807) is 35.6 Å². The van der Waals surface area contributed by atoms with Crippen LogP contribution < -0.4 is 21.1 Å². The lowest BCUT2D eigenvalue weighted by molar-refractivity contribution is -0.253. The molecule has 0 aliphatic carbocycles. The molecule has 40 heavy (non-hydrogen) atoms. The van der Waals surface area contributed by atoms with Crippen molar-refractivity contribution in [3.63, 3.8) is 0 Å². The lowest BCUT2D eigenvalue weighted by atomic mass is 9.77. The number of urea groups is 1. The van der Waals surface area contributed by atoms with E-state index < -0.39 is 59.9 Å². The Balaban J connectivity index is 2.20. The third-order valence-corrected chi connectivity index (χ3v) is 5.68. The summed E-state index contributed by atoms with van der Waals surface area (Å²) in [6.07, 6.45) is -9.61. The molecule has 3 amide bonds. The van der Waals surface area contributed by atoms with Crippen molar-refractivity contribution in [3.05, 3.63) is 101 Å². The highest BCUT2D eigenvalue weighted by Gasteiger charge is 2.45. The first-order chi connectivity index (χ1) is 18.6. The summed E-state index contributed by atoms with van der Waals surface area (Å²) in [5.74, 6) is -9.23. The standard InChI is InChI=1S/C26H21F8N3O3/c27-18-8-6-16(7-9-18)24(13-15-4-2-1-3-5-15,37-23(39)36-14-25(31,32)22(35)38)17-10-19(28)12-20(11-17)40-26(33,34)21(29)30/h1-12,21H,13-14H2,(H2,35,38)(H2,36,37,39). The number of hydrogen-bond donors (Lipinski definition) is 3. The maximum absolute atomic E-state index is 14.7. The first kappa shape index (κ1) is 30.2. The summed E-state index contributed by atoms with van der Waals surface area (Å²) in [6, 6.07) is 12.7. The molecule has 14 heteroatoms. The van der Waals surface area contributed by atoms with Gasteiger partial charge < -0.3 is 21.1 Å². The van der Waals surface area contributed by atoms with Crippen molar-refractivity contribution in [1.82, 2.24) is 10.6 Å². The van der Waals surface area contributed by atoms with Gasteiger partial charge in [0, 0.05) is 12.5 Å². The van der Waals surface area contributed by atoms with Gasteiger partial charge in [0.25, 0.3) is 5.91 Å². The second kappa shape index (κ2) is 11.8. The van der Waals surface area contributed by atoms with Gasteiger partial charge in [-0.25, -0.2) is 13.6 Å². The lowest BCUT2D eigenvalue weighted by Crippen LogP contribution is -2.55. The Morgan fingerprint density at radius 3 is 2.05 bits per heavy atom. The fraction of sp³-hybridized carbons (Fsp3) is 0.231. The normalized spacial score (nSPS) is 13.4. The minimum Gasteiger partial charge on any atom is -0.428 e. The molecular weight excluding hydrogens is 554 g/mol. The van der Waals surface area contributed by atoms with E-state index in [1.165, 1.54) is 0 Å². The van der Waals surface area contributed by atoms with E-state index in [0.29, 0.717) is 11.6 Å². The summed E-state index contributed by atoms with van der Waals surface area (Å²) in [4.78, 5) is 23.9. The Kier molecular flexibility index (Phi) is 8.90. The summed E-state index contributed by atoms with van der Waals surface area (Å²) in [6.45, 7) is -1.54. The molecule has 3 aromatic rings. The molecule has 1 atom stereocenters. The highest BCUT2D eigenvalue weighted by Crippen LogP contribution is 2.38. The van der Waals surface area contributed by atoms with Crippen molar-refractivity contribution in [2.24, 2.45) is 5.73 Å². The number of ether oxygens (including phenoxy) is 1. The topological polar surface area (TPSA) is 93.5 Å². The Morgan fingerprint density at radius 2 is 1.48 bits per heavy atom. The van der Waals surface area contributed by atoms with Crippen molar-refractivity contribution >= 4 is 11.9 Å². The zero-order valence-electron chi connectivity index (χ0n) is 20.2. The first-order valence-electron chi connectivity index (χ1n) is 11.3. The minimum absolute atomic E-state index is 0.00624. The highest BCUT2D eigenvalue weighted by molar-refractivity contribution is 5.83. The van der Waals surface area contributed by atoms with Gasteiger partial charge >= 0.3 is 24.5 Å². The first-order valence-corrected chi connectivity index (χ1v) is 11.3. The number of amides is 3. The molecule has 4 N–H and O–H groups in total. The zero-order valence-corrected chi connectivity index (χ0v) is 20.2. The van der Waals surface area contributed by atoms with E-state index in [4.69, 9.17) is 0 Å². The van der Waals surface area contributed by atoms with Crippen LogP contribution in [0.1, 0.15) is 16.7 Å². The average Bonchev–Trinajstić information content (AvgIpc) is 2.87. The monoisotopic (exact) mass is 575 g/mol. The smallest absolute Gasteiger partial charge is 0.428 e. The SMILES string of the molecule is NC(=O)C(F)(F)CNC(=O)NC(Cc1ccccc1)(c1ccc(F)cc1)c1cc(F)cc(OC(F)(F)C(F)F)c1. The van der Waals surface area contributed by atoms with Gasteiger partial charge in [-0.1, -0.05) is 42.5 Å². The van der Waals surface area contributed by atoms with Gasteiger partial charge in [-0.2, -0.15) is 26.3 Å². The van der Waals surface area contributed by atoms with Gasteiger partial charge in [0.05, 0.1) is 12.1 Å². The Hall–Kier alpha value is -4.36. The van der Waals surface area contributed by atoms with Gasteiger partial charge in [-0.05, 0) is 41.0 Å². The molecule has 0 bridgehead atoms. The van der Waals surface area contributed by atoms with E-state index in [9.17, 15) is 44.7 Å². The highest BCUT2D eigenvalue weighted by atomic mass is 19.3. The molecule has 0 spiro atoms. The largest absolute Gasteiger partial charge is 0.461 e. The van der Waals surface area contributed by atoms with Gasteiger partial charge in [0.15, 0.2) is 0 Å². The number of alkyl halides is 6. The van der Waals surface area contributed by atoms with Gasteiger partial charge in [-0.15, -0.1) is 0 Å². The van der Waals surface area contributed by atoms with Crippen LogP contribution in [0, 0.1) is 11.6 Å². The predicted octanol–water partition coefficient (Wildman–Crippen LogP) is 5.11. The number of primary amides is 1. The van der Waals surface area contributed by atoms with E-state index in [-0.39, 0.29) is 17.5 Å². The van der Waals surface area contributed by atoms with Crippen molar-refractivity contribution in [3.8, 4) is 5.75 Å². The maximum atomic E-state index is 14.7. The number of nitrogens with one attached hydrogen (secondary N) is 2. The van der Waals surface area contributed by atoms with Crippen LogP contribution in [0.2, 0.25) is 0 Å². The maximum Gasteiger partial charge on any atom is 0.461 e. The molecule has 3 aromatic carbocycles. The summed E-state index contributed by atoms with van der Waals surface area (Å²) in [5, 5.41) is 4.13. The van der Waals surface area contributed by atoms with Gasteiger partial charge in [0.2, 0.25) is 0 Å². The van der Waals surface area contributed by atoms with Crippen molar-refractivity contribution in [2.45, 2.75) is 30.4 Å². The third kappa shape index (κ3) is 7.18. The van der Waals surface area contributed by atoms with E-state index in [0.717, 1.165) is 36.4 Å². The molecule has 0 aliphatic heterocycles. The van der Waals surface area contributed by atoms with Crippen LogP contribution in [0.3, 0.4) is 0 Å². The molecule has 1 unspecified atom stereocenters. The number of nitrogens with two attached hydrogens (primary N) is 1. The minimum atomic E-state index is -5.02. The summed E-state index contributed by atoms with van der Waals surface area (Å²) in [7, 11) is 0. The molecule has 0 fully saturated rings. The second-order valence-corrected chi connectivity index (χ2v) is 8.59. The third-order valence-electron chi connectivity index (χ3n) is 5.68. The van der Waals surface area contributed by atoms with Crippen molar-refractivity contribution in [1.29, 1.82) is 0 Å². The summed E-state index contributed by atoms with van der Waals surface area (Å²) in [5.41, 5.74) is 2.67. The fourth-order valence-corrected chi connectivity index (χ4v) is 3.78. The molecule has 214 valence electrons. The van der Waals surface area contributed by atoms with Crippen molar-refractivity contribution in [2.75, 3.05) is 6.54 Å². The summed E-state index contributed by atoms with van der Waals surface area (Å²) < 4.78 is 113. The molecule has 6 nitrogen and oxygen atoms in total. The van der Waals surface area contributed by atoms with E-state index in [1.807, 2.05) is 0 Å². The number of benzene rings is 3. The van der Waals surface area contributed by atoms with Crippen LogP contribution in [0.5, 0.6) is 5.75 Å². The average molecular weight is 575 g/mol.